The molecule has 6 nitrogen and oxygen atoms in total. The van der Waals surface area contributed by atoms with E-state index in [1.165, 1.54) is 12.8 Å². The fraction of sp³-hybridized carbons (Fsp3) is 0.727. The van der Waals surface area contributed by atoms with Gasteiger partial charge in [-0.1, -0.05) is 12.8 Å². The van der Waals surface area contributed by atoms with Gasteiger partial charge in [0.15, 0.2) is 5.03 Å². The molecule has 0 bridgehead atoms. The molecule has 0 spiro atoms. The highest BCUT2D eigenvalue weighted by atomic mass is 32.2. The Hall–Kier alpha value is -0.920. The first kappa shape index (κ1) is 13.5. The van der Waals surface area contributed by atoms with E-state index in [0.717, 1.165) is 12.1 Å². The van der Waals surface area contributed by atoms with Crippen LogP contribution in [-0.2, 0) is 16.6 Å². The fourth-order valence-corrected chi connectivity index (χ4v) is 3.15. The van der Waals surface area contributed by atoms with Gasteiger partial charge in [0.2, 0.25) is 0 Å². The van der Waals surface area contributed by atoms with Crippen molar-refractivity contribution < 1.29 is 8.42 Å². The van der Waals surface area contributed by atoms with E-state index in [0.29, 0.717) is 24.6 Å². The van der Waals surface area contributed by atoms with Gasteiger partial charge in [-0.15, -0.1) is 0 Å². The van der Waals surface area contributed by atoms with Crippen molar-refractivity contribution in [1.29, 1.82) is 0 Å². The van der Waals surface area contributed by atoms with Crippen molar-refractivity contribution in [3.05, 3.63) is 11.3 Å². The Bertz CT molecular complexity index is 505. The van der Waals surface area contributed by atoms with E-state index in [1.807, 2.05) is 6.92 Å². The maximum absolute atomic E-state index is 12.1. The van der Waals surface area contributed by atoms with Gasteiger partial charge in [0, 0.05) is 24.3 Å². The molecule has 1 aromatic heterocycles. The van der Waals surface area contributed by atoms with E-state index in [9.17, 15) is 8.42 Å². The summed E-state index contributed by atoms with van der Waals surface area (Å²) in [5.74, 6) is 0.713. The first-order valence-corrected chi connectivity index (χ1v) is 7.71. The molecule has 0 aliphatic heterocycles. The van der Waals surface area contributed by atoms with Gasteiger partial charge in [-0.25, -0.2) is 13.1 Å². The Morgan fingerprint density at radius 2 is 2.17 bits per heavy atom. The second-order valence-electron chi connectivity index (χ2n) is 4.79. The van der Waals surface area contributed by atoms with Gasteiger partial charge in [0.25, 0.3) is 10.0 Å². The molecule has 0 aromatic carbocycles. The van der Waals surface area contributed by atoms with Gasteiger partial charge in [0.1, 0.15) is 0 Å². The van der Waals surface area contributed by atoms with Crippen LogP contribution in [0.1, 0.15) is 30.5 Å². The number of aryl methyl sites for hydroxylation is 1. The monoisotopic (exact) mass is 272 g/mol. The summed E-state index contributed by atoms with van der Waals surface area (Å²) in [5, 5.41) is 9.71. The van der Waals surface area contributed by atoms with Crippen LogP contribution in [0.2, 0.25) is 0 Å². The summed E-state index contributed by atoms with van der Waals surface area (Å²) in [5.41, 5.74) is 1.49. The smallest absolute Gasteiger partial charge is 0.260 e. The lowest BCUT2D eigenvalue weighted by atomic mass is 10.3. The van der Waals surface area contributed by atoms with Crippen molar-refractivity contribution in [2.45, 2.75) is 37.8 Å². The van der Waals surface area contributed by atoms with Crippen LogP contribution in [-0.4, -0.2) is 32.2 Å². The van der Waals surface area contributed by atoms with Gasteiger partial charge in [-0.05, 0) is 26.3 Å². The first-order valence-electron chi connectivity index (χ1n) is 6.22. The third-order valence-electron chi connectivity index (χ3n) is 3.19. The molecule has 1 aromatic rings. The summed E-state index contributed by atoms with van der Waals surface area (Å²) in [6.45, 7) is 2.81. The van der Waals surface area contributed by atoms with E-state index < -0.39 is 10.0 Å². The zero-order valence-corrected chi connectivity index (χ0v) is 11.6. The second kappa shape index (κ2) is 5.38. The highest BCUT2D eigenvalue weighted by Gasteiger charge is 2.25. The fourth-order valence-electron chi connectivity index (χ4n) is 1.91. The zero-order chi connectivity index (χ0) is 13.2. The molecule has 1 aliphatic carbocycles. The number of nitrogens with zero attached hydrogens (tertiary/aromatic N) is 1. The Kier molecular flexibility index (Phi) is 4.04. The third-order valence-corrected chi connectivity index (χ3v) is 4.62. The lowest BCUT2D eigenvalue weighted by Gasteiger charge is -2.06. The molecular formula is C11H20N4O2S. The maximum Gasteiger partial charge on any atom is 0.260 e. The van der Waals surface area contributed by atoms with Crippen molar-refractivity contribution in [1.82, 2.24) is 20.2 Å². The molecule has 0 atom stereocenters. The molecule has 102 valence electrons. The number of nitrogens with one attached hydrogen (secondary N) is 3. The lowest BCUT2D eigenvalue weighted by molar-refractivity contribution is 0.569. The van der Waals surface area contributed by atoms with Gasteiger partial charge in [0.05, 0.1) is 0 Å². The van der Waals surface area contributed by atoms with E-state index in [1.54, 1.807) is 7.05 Å². The average molecular weight is 272 g/mol. The van der Waals surface area contributed by atoms with Crippen LogP contribution in [0.4, 0.5) is 0 Å². The third kappa shape index (κ3) is 3.09. The summed E-state index contributed by atoms with van der Waals surface area (Å²) in [6.07, 6.45) is 3.38. The molecule has 3 N–H and O–H groups in total. The Labute approximate surface area is 108 Å². The molecule has 0 saturated heterocycles. The number of hydrogen-bond donors (Lipinski definition) is 3. The molecule has 1 fully saturated rings. The predicted octanol–water partition coefficient (Wildman–Crippen LogP) is 0.516. The number of hydrogen-bond acceptors (Lipinski definition) is 4. The number of rotatable bonds is 7. The normalized spacial score (nSPS) is 16.1. The molecular weight excluding hydrogens is 252 g/mol. The quantitative estimate of drug-likeness (QED) is 0.675. The van der Waals surface area contributed by atoms with E-state index >= 15 is 0 Å². The van der Waals surface area contributed by atoms with E-state index in [2.05, 4.69) is 20.2 Å². The highest BCUT2D eigenvalue weighted by Crippen LogP contribution is 2.31. The van der Waals surface area contributed by atoms with Gasteiger partial charge in [-0.3, -0.25) is 5.10 Å². The Morgan fingerprint density at radius 3 is 2.78 bits per heavy atom. The van der Waals surface area contributed by atoms with Crippen LogP contribution in [0.15, 0.2) is 5.03 Å². The minimum absolute atomic E-state index is 0.116. The van der Waals surface area contributed by atoms with E-state index in [-0.39, 0.29) is 5.03 Å². The van der Waals surface area contributed by atoms with Gasteiger partial charge >= 0.3 is 0 Å². The molecule has 1 saturated carbocycles. The average Bonchev–Trinajstić information content (AvgIpc) is 3.04. The minimum atomic E-state index is -3.49. The summed E-state index contributed by atoms with van der Waals surface area (Å²) >= 11 is 0. The predicted molar refractivity (Wildman–Crippen MR) is 68.6 cm³/mol. The minimum Gasteiger partial charge on any atom is -0.316 e. The summed E-state index contributed by atoms with van der Waals surface area (Å²) < 4.78 is 26.9. The molecule has 0 radical (unpaired) electrons. The zero-order valence-electron chi connectivity index (χ0n) is 10.8. The molecule has 0 unspecified atom stereocenters. The molecule has 1 aliphatic rings. The van der Waals surface area contributed by atoms with Crippen molar-refractivity contribution >= 4 is 10.0 Å². The number of sulfonamides is 1. The summed E-state index contributed by atoms with van der Waals surface area (Å²) in [6, 6.07) is 0. The lowest BCUT2D eigenvalue weighted by Crippen LogP contribution is -2.27. The Morgan fingerprint density at radius 1 is 1.44 bits per heavy atom. The number of H-pyrrole nitrogens is 1. The molecule has 7 heteroatoms. The van der Waals surface area contributed by atoms with Crippen molar-refractivity contribution in [2.75, 3.05) is 13.6 Å². The number of aromatic nitrogens is 2. The van der Waals surface area contributed by atoms with Gasteiger partial charge < -0.3 is 5.32 Å². The summed E-state index contributed by atoms with van der Waals surface area (Å²) in [4.78, 5) is 0. The molecule has 0 amide bonds. The first-order chi connectivity index (χ1) is 8.54. The number of aromatic amines is 1. The van der Waals surface area contributed by atoms with Crippen LogP contribution in [0.3, 0.4) is 0 Å². The summed E-state index contributed by atoms with van der Waals surface area (Å²) in [7, 11) is -1.71. The SMILES string of the molecule is CNCc1c(S(=O)(=O)NCCC2CC2)n[nH]c1C. The van der Waals surface area contributed by atoms with Gasteiger partial charge in [-0.2, -0.15) is 5.10 Å². The standard InChI is InChI=1S/C11H20N4O2S/c1-8-10(7-12-2)11(15-14-8)18(16,17)13-6-5-9-3-4-9/h9,12-13H,3-7H2,1-2H3,(H,14,15). The van der Waals surface area contributed by atoms with Crippen LogP contribution in [0.25, 0.3) is 0 Å². The second-order valence-corrected chi connectivity index (χ2v) is 6.47. The van der Waals surface area contributed by atoms with Crippen LogP contribution >= 0.6 is 0 Å². The molecule has 18 heavy (non-hydrogen) atoms. The van der Waals surface area contributed by atoms with Crippen LogP contribution in [0, 0.1) is 12.8 Å². The Balaban J connectivity index is 2.07. The van der Waals surface area contributed by atoms with Crippen molar-refractivity contribution in [3.63, 3.8) is 0 Å². The van der Waals surface area contributed by atoms with Crippen molar-refractivity contribution in [2.24, 2.45) is 5.92 Å². The van der Waals surface area contributed by atoms with Crippen LogP contribution < -0.4 is 10.0 Å². The van der Waals surface area contributed by atoms with E-state index in [4.69, 9.17) is 0 Å². The topological polar surface area (TPSA) is 86.9 Å². The van der Waals surface area contributed by atoms with Crippen LogP contribution in [0.5, 0.6) is 0 Å². The maximum atomic E-state index is 12.1. The van der Waals surface area contributed by atoms with Crippen molar-refractivity contribution in [3.8, 4) is 0 Å². The molecule has 1 heterocycles. The molecule has 2 rings (SSSR count). The highest BCUT2D eigenvalue weighted by molar-refractivity contribution is 7.89. The largest absolute Gasteiger partial charge is 0.316 e.